The summed E-state index contributed by atoms with van der Waals surface area (Å²) < 4.78 is 6.12. The molecule has 25 heavy (non-hydrogen) atoms. The molecule has 0 saturated heterocycles. The number of hydrogen-bond acceptors (Lipinski definition) is 2. The van der Waals surface area contributed by atoms with Crippen molar-refractivity contribution in [2.45, 2.75) is 101 Å². The van der Waals surface area contributed by atoms with Crippen LogP contribution in [0.5, 0.6) is 5.75 Å². The van der Waals surface area contributed by atoms with E-state index in [0.29, 0.717) is 0 Å². The highest BCUT2D eigenvalue weighted by Gasteiger charge is 2.31. The normalized spacial score (nSPS) is 19.7. The average molecular weight is 361 g/mol. The fourth-order valence-electron chi connectivity index (χ4n) is 3.96. The lowest BCUT2D eigenvalue weighted by Gasteiger charge is -2.25. The molecule has 2 fully saturated rings. The predicted octanol–water partition coefficient (Wildman–Crippen LogP) is 7.22. The Morgan fingerprint density at radius 1 is 1.00 bits per heavy atom. The topological polar surface area (TPSA) is 9.23 Å². The van der Waals surface area contributed by atoms with E-state index in [9.17, 15) is 0 Å². The van der Waals surface area contributed by atoms with E-state index in [2.05, 4.69) is 51.6 Å². The summed E-state index contributed by atoms with van der Waals surface area (Å²) in [5.74, 6) is 3.09. The molecule has 2 aliphatic rings. The molecule has 3 rings (SSSR count). The monoisotopic (exact) mass is 360 g/mol. The third kappa shape index (κ3) is 5.18. The zero-order valence-corrected chi connectivity index (χ0v) is 17.5. The molecule has 2 saturated carbocycles. The largest absolute Gasteiger partial charge is 0.494 e. The van der Waals surface area contributed by atoms with Gasteiger partial charge in [0.1, 0.15) is 5.75 Å². The Balaban J connectivity index is 1.85. The van der Waals surface area contributed by atoms with Crippen LogP contribution in [0.2, 0.25) is 0 Å². The Hall–Kier alpha value is -0.630. The van der Waals surface area contributed by atoms with Gasteiger partial charge in [-0.1, -0.05) is 52.5 Å². The van der Waals surface area contributed by atoms with Crippen LogP contribution in [0.1, 0.15) is 102 Å². The van der Waals surface area contributed by atoms with Gasteiger partial charge < -0.3 is 4.74 Å². The van der Waals surface area contributed by atoms with Crippen molar-refractivity contribution < 1.29 is 4.74 Å². The molecular formula is C23H36OS. The van der Waals surface area contributed by atoms with Gasteiger partial charge in [0.25, 0.3) is 0 Å². The number of benzene rings is 1. The van der Waals surface area contributed by atoms with Gasteiger partial charge in [0.2, 0.25) is 0 Å². The Morgan fingerprint density at radius 3 is 2.24 bits per heavy atom. The summed E-state index contributed by atoms with van der Waals surface area (Å²) in [5, 5.41) is 0.864. The van der Waals surface area contributed by atoms with Gasteiger partial charge in [0.15, 0.2) is 0 Å². The lowest BCUT2D eigenvalue weighted by molar-refractivity contribution is 0.335. The van der Waals surface area contributed by atoms with Gasteiger partial charge in [0, 0.05) is 16.6 Å². The summed E-state index contributed by atoms with van der Waals surface area (Å²) in [6.07, 6.45) is 11.3. The second-order valence-electron chi connectivity index (χ2n) is 8.93. The first-order valence-corrected chi connectivity index (χ1v) is 11.5. The van der Waals surface area contributed by atoms with Gasteiger partial charge >= 0.3 is 0 Å². The zero-order chi connectivity index (χ0) is 17.9. The molecule has 0 N–H and O–H groups in total. The highest BCUT2D eigenvalue weighted by molar-refractivity contribution is 7.99. The first kappa shape index (κ1) is 19.1. The van der Waals surface area contributed by atoms with E-state index in [1.165, 1.54) is 74.0 Å². The average Bonchev–Trinajstić information content (AvgIpc) is 3.39. The second kappa shape index (κ2) is 8.37. The summed E-state index contributed by atoms with van der Waals surface area (Å²) in [5.41, 5.74) is 4.70. The molecule has 0 bridgehead atoms. The maximum atomic E-state index is 6.12. The quantitative estimate of drug-likeness (QED) is 0.495. The van der Waals surface area contributed by atoms with Gasteiger partial charge in [-0.25, -0.2) is 0 Å². The van der Waals surface area contributed by atoms with Crippen LogP contribution in [-0.4, -0.2) is 11.9 Å². The Kier molecular flexibility index (Phi) is 6.41. The first-order chi connectivity index (χ1) is 12.0. The standard InChI is InChI=1S/C23H36OS/c1-5-24-21-15-19(23(2,3)4)14-18(22(21)17-12-13-17)16-25-20-10-8-6-7-9-11-20/h14-15,17,20H,5-13,16H2,1-4H3. The van der Waals surface area contributed by atoms with E-state index in [4.69, 9.17) is 4.74 Å². The van der Waals surface area contributed by atoms with Crippen molar-refractivity contribution in [3.05, 3.63) is 28.8 Å². The summed E-state index contributed by atoms with van der Waals surface area (Å²) >= 11 is 2.21. The van der Waals surface area contributed by atoms with E-state index in [0.717, 1.165) is 17.8 Å². The molecule has 0 unspecified atom stereocenters. The fourth-order valence-corrected chi connectivity index (χ4v) is 5.28. The molecule has 0 heterocycles. The van der Waals surface area contributed by atoms with E-state index in [1.54, 1.807) is 5.56 Å². The molecule has 0 aromatic heterocycles. The van der Waals surface area contributed by atoms with E-state index >= 15 is 0 Å². The molecule has 2 heteroatoms. The summed E-state index contributed by atoms with van der Waals surface area (Å²) in [6, 6.07) is 4.83. The van der Waals surface area contributed by atoms with Crippen LogP contribution >= 0.6 is 11.8 Å². The van der Waals surface area contributed by atoms with Crippen LogP contribution in [0.3, 0.4) is 0 Å². The van der Waals surface area contributed by atoms with Crippen LogP contribution in [0, 0.1) is 0 Å². The van der Waals surface area contributed by atoms with Gasteiger partial charge in [-0.05, 0) is 61.1 Å². The molecule has 0 spiro atoms. The van der Waals surface area contributed by atoms with E-state index in [-0.39, 0.29) is 5.41 Å². The van der Waals surface area contributed by atoms with Crippen LogP contribution in [0.25, 0.3) is 0 Å². The highest BCUT2D eigenvalue weighted by Crippen LogP contribution is 2.48. The highest BCUT2D eigenvalue weighted by atomic mass is 32.2. The maximum absolute atomic E-state index is 6.12. The fraction of sp³-hybridized carbons (Fsp3) is 0.739. The Labute approximate surface area is 159 Å². The van der Waals surface area contributed by atoms with Crippen molar-refractivity contribution in [2.24, 2.45) is 0 Å². The molecule has 0 aliphatic heterocycles. The van der Waals surface area contributed by atoms with E-state index in [1.807, 2.05) is 0 Å². The molecule has 2 aliphatic carbocycles. The van der Waals surface area contributed by atoms with Crippen molar-refractivity contribution in [2.75, 3.05) is 6.61 Å². The van der Waals surface area contributed by atoms with Gasteiger partial charge in [-0.2, -0.15) is 11.8 Å². The molecule has 1 aromatic carbocycles. The third-order valence-electron chi connectivity index (χ3n) is 5.66. The first-order valence-electron chi connectivity index (χ1n) is 10.4. The summed E-state index contributed by atoms with van der Waals surface area (Å²) in [6.45, 7) is 9.83. The Bertz CT molecular complexity index is 560. The molecule has 1 nitrogen and oxygen atoms in total. The lowest BCUT2D eigenvalue weighted by Crippen LogP contribution is -2.13. The molecule has 1 aromatic rings. The number of hydrogen-bond donors (Lipinski definition) is 0. The molecule has 0 atom stereocenters. The van der Waals surface area contributed by atoms with Crippen molar-refractivity contribution >= 4 is 11.8 Å². The van der Waals surface area contributed by atoms with E-state index < -0.39 is 0 Å². The van der Waals surface area contributed by atoms with Gasteiger partial charge in [-0.15, -0.1) is 0 Å². The Morgan fingerprint density at radius 2 is 1.68 bits per heavy atom. The molecule has 140 valence electrons. The SMILES string of the molecule is CCOc1cc(C(C)(C)C)cc(CSC2CCCCCC2)c1C1CC1. The predicted molar refractivity (Wildman–Crippen MR) is 111 cm³/mol. The summed E-state index contributed by atoms with van der Waals surface area (Å²) in [4.78, 5) is 0. The molecule has 0 amide bonds. The van der Waals surface area contributed by atoms with Crippen LogP contribution in [0.4, 0.5) is 0 Å². The van der Waals surface area contributed by atoms with Gasteiger partial charge in [-0.3, -0.25) is 0 Å². The minimum absolute atomic E-state index is 0.176. The number of ether oxygens (including phenoxy) is 1. The molecular weight excluding hydrogens is 324 g/mol. The van der Waals surface area contributed by atoms with Crippen LogP contribution in [-0.2, 0) is 11.2 Å². The number of rotatable bonds is 6. The minimum atomic E-state index is 0.176. The van der Waals surface area contributed by atoms with Crippen molar-refractivity contribution in [1.82, 2.24) is 0 Å². The zero-order valence-electron chi connectivity index (χ0n) is 16.7. The van der Waals surface area contributed by atoms with Crippen molar-refractivity contribution in [3.8, 4) is 5.75 Å². The van der Waals surface area contributed by atoms with Gasteiger partial charge in [0.05, 0.1) is 6.61 Å². The minimum Gasteiger partial charge on any atom is -0.494 e. The third-order valence-corrected chi connectivity index (χ3v) is 7.08. The molecule has 0 radical (unpaired) electrons. The smallest absolute Gasteiger partial charge is 0.123 e. The number of thioether (sulfide) groups is 1. The second-order valence-corrected chi connectivity index (χ2v) is 10.2. The van der Waals surface area contributed by atoms with Crippen molar-refractivity contribution in [3.63, 3.8) is 0 Å². The van der Waals surface area contributed by atoms with Crippen LogP contribution in [0.15, 0.2) is 12.1 Å². The summed E-state index contributed by atoms with van der Waals surface area (Å²) in [7, 11) is 0. The lowest BCUT2D eigenvalue weighted by atomic mass is 9.84. The van der Waals surface area contributed by atoms with Crippen LogP contribution < -0.4 is 4.74 Å². The van der Waals surface area contributed by atoms with Crippen molar-refractivity contribution in [1.29, 1.82) is 0 Å². The maximum Gasteiger partial charge on any atom is 0.123 e.